The number of aromatic nitrogens is 1. The zero-order valence-electron chi connectivity index (χ0n) is 10.8. The van der Waals surface area contributed by atoms with Gasteiger partial charge in [0.25, 0.3) is 5.91 Å². The Kier molecular flexibility index (Phi) is 4.15. The van der Waals surface area contributed by atoms with E-state index in [1.165, 1.54) is 0 Å². The highest BCUT2D eigenvalue weighted by Gasteiger charge is 2.19. The molecule has 0 spiro atoms. The fraction of sp³-hybridized carbons (Fsp3) is 0.538. The predicted molar refractivity (Wildman–Crippen MR) is 69.7 cm³/mol. The van der Waals surface area contributed by atoms with Crippen molar-refractivity contribution in [3.8, 4) is 0 Å². The van der Waals surface area contributed by atoms with Crippen LogP contribution in [0, 0.1) is 0 Å². The monoisotopic (exact) mass is 249 g/mol. The van der Waals surface area contributed by atoms with Gasteiger partial charge < -0.3 is 15.0 Å². The number of nitrogens with one attached hydrogen (secondary N) is 1. The van der Waals surface area contributed by atoms with Crippen molar-refractivity contribution in [1.82, 2.24) is 9.88 Å². The summed E-state index contributed by atoms with van der Waals surface area (Å²) in [7, 11) is 0. The van der Waals surface area contributed by atoms with Crippen molar-refractivity contribution >= 4 is 11.7 Å². The molecule has 1 fully saturated rings. The van der Waals surface area contributed by atoms with Gasteiger partial charge in [0.05, 0.1) is 13.2 Å². The maximum atomic E-state index is 12.2. The Morgan fingerprint density at radius 1 is 1.39 bits per heavy atom. The first-order chi connectivity index (χ1) is 8.66. The summed E-state index contributed by atoms with van der Waals surface area (Å²) in [4.78, 5) is 18.3. The van der Waals surface area contributed by atoms with Crippen LogP contribution < -0.4 is 5.32 Å². The van der Waals surface area contributed by atoms with Crippen LogP contribution in [0.15, 0.2) is 18.2 Å². The maximum Gasteiger partial charge on any atom is 0.272 e. The minimum Gasteiger partial charge on any atom is -0.378 e. The van der Waals surface area contributed by atoms with E-state index in [0.29, 0.717) is 38.0 Å². The number of hydrogen-bond donors (Lipinski definition) is 1. The molecular weight excluding hydrogens is 230 g/mol. The normalized spacial score (nSPS) is 15.8. The second kappa shape index (κ2) is 5.82. The SMILES string of the molecule is CC(C)Nc1cccc(C(=O)N2CCOCC2)n1. The van der Waals surface area contributed by atoms with E-state index in [9.17, 15) is 4.79 Å². The van der Waals surface area contributed by atoms with Crippen molar-refractivity contribution in [2.45, 2.75) is 19.9 Å². The number of amides is 1. The van der Waals surface area contributed by atoms with E-state index in [1.54, 1.807) is 11.0 Å². The van der Waals surface area contributed by atoms with Gasteiger partial charge in [0.1, 0.15) is 11.5 Å². The number of nitrogens with zero attached hydrogens (tertiary/aromatic N) is 2. The highest BCUT2D eigenvalue weighted by Crippen LogP contribution is 2.10. The standard InChI is InChI=1S/C13H19N3O2/c1-10(2)14-12-5-3-4-11(15-12)13(17)16-6-8-18-9-7-16/h3-5,10H,6-9H2,1-2H3,(H,14,15). The number of rotatable bonds is 3. The molecule has 1 aliphatic rings. The third-order valence-corrected chi connectivity index (χ3v) is 2.70. The Morgan fingerprint density at radius 3 is 2.78 bits per heavy atom. The van der Waals surface area contributed by atoms with Gasteiger partial charge in [-0.2, -0.15) is 0 Å². The molecule has 98 valence electrons. The van der Waals surface area contributed by atoms with E-state index in [4.69, 9.17) is 4.74 Å². The third kappa shape index (κ3) is 3.20. The molecule has 0 unspecified atom stereocenters. The minimum atomic E-state index is -0.0225. The fourth-order valence-electron chi connectivity index (χ4n) is 1.86. The molecule has 5 heteroatoms. The number of carbonyl (C=O) groups is 1. The molecule has 1 aromatic heterocycles. The molecule has 0 atom stereocenters. The van der Waals surface area contributed by atoms with E-state index in [2.05, 4.69) is 10.3 Å². The quantitative estimate of drug-likeness (QED) is 0.879. The van der Waals surface area contributed by atoms with Crippen LogP contribution in [0.5, 0.6) is 0 Å². The van der Waals surface area contributed by atoms with Crippen LogP contribution in [0.2, 0.25) is 0 Å². The molecule has 0 aromatic carbocycles. The van der Waals surface area contributed by atoms with Crippen LogP contribution >= 0.6 is 0 Å². The van der Waals surface area contributed by atoms with Gasteiger partial charge in [-0.25, -0.2) is 4.98 Å². The van der Waals surface area contributed by atoms with Gasteiger partial charge in [-0.15, -0.1) is 0 Å². The fourth-order valence-corrected chi connectivity index (χ4v) is 1.86. The smallest absolute Gasteiger partial charge is 0.272 e. The molecule has 1 amide bonds. The second-order valence-electron chi connectivity index (χ2n) is 4.61. The van der Waals surface area contributed by atoms with Crippen LogP contribution in [0.4, 0.5) is 5.82 Å². The Labute approximate surface area is 107 Å². The number of carbonyl (C=O) groups excluding carboxylic acids is 1. The number of hydrogen-bond acceptors (Lipinski definition) is 4. The molecule has 0 radical (unpaired) electrons. The average Bonchev–Trinajstić information content (AvgIpc) is 2.38. The van der Waals surface area contributed by atoms with Gasteiger partial charge in [0, 0.05) is 19.1 Å². The van der Waals surface area contributed by atoms with Crippen molar-refractivity contribution in [1.29, 1.82) is 0 Å². The minimum absolute atomic E-state index is 0.0225. The van der Waals surface area contributed by atoms with Gasteiger partial charge >= 0.3 is 0 Å². The summed E-state index contributed by atoms with van der Waals surface area (Å²) in [6.45, 7) is 6.58. The van der Waals surface area contributed by atoms with Crippen LogP contribution in [0.1, 0.15) is 24.3 Å². The zero-order valence-corrected chi connectivity index (χ0v) is 10.8. The second-order valence-corrected chi connectivity index (χ2v) is 4.61. The van der Waals surface area contributed by atoms with Crippen LogP contribution in [-0.4, -0.2) is 48.1 Å². The Bertz CT molecular complexity index is 414. The van der Waals surface area contributed by atoms with Crippen LogP contribution in [0.25, 0.3) is 0 Å². The molecule has 0 bridgehead atoms. The number of pyridine rings is 1. The zero-order chi connectivity index (χ0) is 13.0. The highest BCUT2D eigenvalue weighted by atomic mass is 16.5. The molecule has 5 nitrogen and oxygen atoms in total. The summed E-state index contributed by atoms with van der Waals surface area (Å²) >= 11 is 0. The van der Waals surface area contributed by atoms with E-state index < -0.39 is 0 Å². The highest BCUT2D eigenvalue weighted by molar-refractivity contribution is 5.92. The molecule has 2 heterocycles. The van der Waals surface area contributed by atoms with Crippen molar-refractivity contribution in [3.05, 3.63) is 23.9 Å². The maximum absolute atomic E-state index is 12.2. The molecule has 0 aliphatic carbocycles. The molecular formula is C13H19N3O2. The Balaban J connectivity index is 2.09. The molecule has 18 heavy (non-hydrogen) atoms. The van der Waals surface area contributed by atoms with Gasteiger partial charge in [-0.3, -0.25) is 4.79 Å². The summed E-state index contributed by atoms with van der Waals surface area (Å²) in [6, 6.07) is 5.77. The molecule has 1 aliphatic heterocycles. The van der Waals surface area contributed by atoms with Crippen molar-refractivity contribution in [3.63, 3.8) is 0 Å². The van der Waals surface area contributed by atoms with E-state index in [-0.39, 0.29) is 5.91 Å². The van der Waals surface area contributed by atoms with Gasteiger partial charge in [-0.05, 0) is 26.0 Å². The molecule has 1 N–H and O–H groups in total. The first-order valence-corrected chi connectivity index (χ1v) is 6.27. The summed E-state index contributed by atoms with van der Waals surface area (Å²) in [5.41, 5.74) is 0.488. The number of morpholine rings is 1. The lowest BCUT2D eigenvalue weighted by Gasteiger charge is -2.26. The van der Waals surface area contributed by atoms with Crippen LogP contribution in [-0.2, 0) is 4.74 Å². The lowest BCUT2D eigenvalue weighted by atomic mass is 10.3. The lowest BCUT2D eigenvalue weighted by Crippen LogP contribution is -2.41. The largest absolute Gasteiger partial charge is 0.378 e. The Hall–Kier alpha value is -1.62. The van der Waals surface area contributed by atoms with E-state index in [0.717, 1.165) is 5.82 Å². The molecule has 1 aromatic rings. The summed E-state index contributed by atoms with van der Waals surface area (Å²) < 4.78 is 5.24. The van der Waals surface area contributed by atoms with Gasteiger partial charge in [-0.1, -0.05) is 6.07 Å². The van der Waals surface area contributed by atoms with Gasteiger partial charge in [0.2, 0.25) is 0 Å². The van der Waals surface area contributed by atoms with Crippen molar-refractivity contribution in [2.75, 3.05) is 31.6 Å². The molecule has 0 saturated carbocycles. The number of anilines is 1. The first-order valence-electron chi connectivity index (χ1n) is 6.27. The molecule has 1 saturated heterocycles. The van der Waals surface area contributed by atoms with Crippen LogP contribution in [0.3, 0.4) is 0 Å². The number of ether oxygens (including phenoxy) is 1. The lowest BCUT2D eigenvalue weighted by molar-refractivity contribution is 0.0299. The van der Waals surface area contributed by atoms with Crippen molar-refractivity contribution in [2.24, 2.45) is 0 Å². The van der Waals surface area contributed by atoms with E-state index >= 15 is 0 Å². The van der Waals surface area contributed by atoms with E-state index in [1.807, 2.05) is 26.0 Å². The van der Waals surface area contributed by atoms with Gasteiger partial charge in [0.15, 0.2) is 0 Å². The first kappa shape index (κ1) is 12.8. The summed E-state index contributed by atoms with van der Waals surface area (Å²) in [5.74, 6) is 0.717. The molecule has 2 rings (SSSR count). The topological polar surface area (TPSA) is 54.5 Å². The predicted octanol–water partition coefficient (Wildman–Crippen LogP) is 1.37. The van der Waals surface area contributed by atoms with Crippen molar-refractivity contribution < 1.29 is 9.53 Å². The summed E-state index contributed by atoms with van der Waals surface area (Å²) in [5, 5.41) is 3.20. The summed E-state index contributed by atoms with van der Waals surface area (Å²) in [6.07, 6.45) is 0. The Morgan fingerprint density at radius 2 is 2.11 bits per heavy atom. The third-order valence-electron chi connectivity index (χ3n) is 2.70. The average molecular weight is 249 g/mol.